The van der Waals surface area contributed by atoms with Crippen LogP contribution in [0, 0.1) is 0 Å². The molecule has 0 saturated heterocycles. The van der Waals surface area contributed by atoms with Gasteiger partial charge in [0.1, 0.15) is 25.4 Å². The van der Waals surface area contributed by atoms with Crippen LogP contribution < -0.4 is 0 Å². The number of carbonyl (C=O) groups excluding carboxylic acids is 3. The first kappa shape index (κ1) is 89.2. The van der Waals surface area contributed by atoms with E-state index in [-0.39, 0.29) is 19.3 Å². The summed E-state index contributed by atoms with van der Waals surface area (Å²) in [5.41, 5.74) is 0. The van der Waals surface area contributed by atoms with E-state index in [2.05, 4.69) is 130 Å². The Morgan fingerprint density at radius 2 is 0.581 bits per heavy atom. The molecule has 536 valence electrons. The minimum atomic E-state index is -4.93. The number of rotatable bonds is 68. The van der Waals surface area contributed by atoms with Gasteiger partial charge in [0.25, 0.3) is 0 Å². The van der Waals surface area contributed by atoms with Crippen LogP contribution in [0.5, 0.6) is 0 Å². The number of ether oxygens (including phenoxy) is 3. The summed E-state index contributed by atoms with van der Waals surface area (Å²) in [5.74, 6) is -1.60. The van der Waals surface area contributed by atoms with Gasteiger partial charge in [-0.05, 0) is 122 Å². The molecule has 0 spiro atoms. The average molecular weight is 1350 g/mol. The molecule has 0 rings (SSSR count). The lowest BCUT2D eigenvalue weighted by Gasteiger charge is -2.21. The Balaban J connectivity index is 4.48. The van der Waals surface area contributed by atoms with Crippen molar-refractivity contribution in [1.82, 2.24) is 0 Å². The monoisotopic (exact) mass is 1350 g/mol. The first-order valence-corrected chi connectivity index (χ1v) is 39.2. The summed E-state index contributed by atoms with van der Waals surface area (Å²) in [4.78, 5) is 58.4. The van der Waals surface area contributed by atoms with Crippen molar-refractivity contribution in [3.8, 4) is 0 Å². The zero-order valence-corrected chi connectivity index (χ0v) is 59.9. The molecule has 5 unspecified atom stereocenters. The maximum absolute atomic E-state index is 12.9. The molecule has 0 aromatic carbocycles. The number of allylic oxidation sites excluding steroid dienone is 18. The number of esters is 3. The fourth-order valence-corrected chi connectivity index (χ4v) is 11.0. The molecule has 0 aliphatic carbocycles. The topological polar surface area (TPSA) is 231 Å². The van der Waals surface area contributed by atoms with Crippen LogP contribution in [0.4, 0.5) is 0 Å². The molecule has 0 aliphatic heterocycles. The molecule has 5 atom stereocenters. The van der Waals surface area contributed by atoms with E-state index in [1.165, 1.54) is 77.0 Å². The lowest BCUT2D eigenvalue weighted by molar-refractivity contribution is -0.161. The van der Waals surface area contributed by atoms with Gasteiger partial charge in [-0.2, -0.15) is 0 Å². The van der Waals surface area contributed by atoms with Crippen LogP contribution in [0.3, 0.4) is 0 Å². The summed E-state index contributed by atoms with van der Waals surface area (Å²) in [6, 6.07) is 0. The standard InChI is InChI=1S/C75H130O16P2/c1-4-7-10-13-16-19-22-24-26-28-30-31-32-33-34-35-36-37-39-41-42-44-47-49-52-55-58-61-73(78)85-64-70(76)65-87-92(81,82)88-66-71(77)67-89-93(83,84)90-69-72(91-75(80)63-60-57-54-51-46-21-18-15-12-9-6-3)68-86-74(79)62-59-56-53-50-48-45-43-40-38-29-27-25-23-20-17-14-11-8-5-2/h7,10,15-20,24-27,30-31,33-34,38,40,70-72,76-77H,4-6,8-9,11-14,21-23,28-29,32,35-37,39,41-69H2,1-3H3,(H,81,82)(H,83,84)/b10-7-,18-15-,19-16-,20-17-,26-24-,27-25-,31-30-,34-33-,40-38-. The summed E-state index contributed by atoms with van der Waals surface area (Å²) in [5, 5.41) is 20.6. The van der Waals surface area contributed by atoms with Crippen molar-refractivity contribution >= 4 is 33.6 Å². The Hall–Kier alpha value is -3.79. The third-order valence-electron chi connectivity index (χ3n) is 15.0. The largest absolute Gasteiger partial charge is 0.472 e. The molecule has 0 saturated carbocycles. The molecule has 18 heteroatoms. The molecule has 0 aromatic rings. The van der Waals surface area contributed by atoms with Gasteiger partial charge in [-0.1, -0.05) is 259 Å². The molecular weight excluding hydrogens is 1220 g/mol. The summed E-state index contributed by atoms with van der Waals surface area (Å²) in [6.07, 6.45) is 77.2. The highest BCUT2D eigenvalue weighted by molar-refractivity contribution is 7.47. The fraction of sp³-hybridized carbons (Fsp3) is 0.720. The Bertz CT molecular complexity index is 2130. The number of hydrogen-bond donors (Lipinski definition) is 4. The summed E-state index contributed by atoms with van der Waals surface area (Å²) < 4.78 is 60.9. The summed E-state index contributed by atoms with van der Waals surface area (Å²) >= 11 is 0. The van der Waals surface area contributed by atoms with Crippen molar-refractivity contribution in [2.75, 3.05) is 39.6 Å². The van der Waals surface area contributed by atoms with E-state index < -0.39 is 91.5 Å². The second-order valence-corrected chi connectivity index (χ2v) is 26.9. The molecule has 0 aliphatic rings. The van der Waals surface area contributed by atoms with Crippen molar-refractivity contribution in [3.05, 3.63) is 109 Å². The second-order valence-electron chi connectivity index (χ2n) is 24.0. The van der Waals surface area contributed by atoms with E-state index in [4.69, 9.17) is 32.3 Å². The number of aliphatic hydroxyl groups excluding tert-OH is 2. The normalized spacial score (nSPS) is 14.8. The molecular formula is C75H130O16P2. The number of phosphoric acid groups is 2. The molecule has 16 nitrogen and oxygen atoms in total. The Morgan fingerprint density at radius 1 is 0.312 bits per heavy atom. The smallest absolute Gasteiger partial charge is 0.463 e. The van der Waals surface area contributed by atoms with Crippen molar-refractivity contribution in [1.29, 1.82) is 0 Å². The molecule has 0 bridgehead atoms. The molecule has 0 radical (unpaired) electrons. The minimum absolute atomic E-state index is 0.0904. The van der Waals surface area contributed by atoms with Gasteiger partial charge in [-0.3, -0.25) is 32.5 Å². The van der Waals surface area contributed by atoms with Crippen LogP contribution in [-0.4, -0.2) is 95.9 Å². The molecule has 0 amide bonds. The van der Waals surface area contributed by atoms with Gasteiger partial charge < -0.3 is 34.2 Å². The van der Waals surface area contributed by atoms with Gasteiger partial charge in [0.05, 0.1) is 26.4 Å². The minimum Gasteiger partial charge on any atom is -0.463 e. The lowest BCUT2D eigenvalue weighted by atomic mass is 10.0. The van der Waals surface area contributed by atoms with E-state index >= 15 is 0 Å². The zero-order valence-electron chi connectivity index (χ0n) is 58.1. The SMILES string of the molecule is CC/C=C\C/C=C\C/C=C\C/C=C\C/C=C\CCCCCCCCCCCCCC(=O)OCC(O)COP(=O)(O)OCC(O)COP(=O)(O)OCC(COC(=O)CCCCCCCC/C=C\C/C=C\C/C=C\CCCCC)OC(=O)CCCCCCC/C=C\CCCC. The van der Waals surface area contributed by atoms with Crippen LogP contribution in [0.2, 0.25) is 0 Å². The highest BCUT2D eigenvalue weighted by Gasteiger charge is 2.29. The number of hydrogen-bond acceptors (Lipinski definition) is 14. The number of aliphatic hydroxyl groups is 2. The van der Waals surface area contributed by atoms with Crippen LogP contribution in [0.25, 0.3) is 0 Å². The fourth-order valence-electron chi connectivity index (χ4n) is 9.41. The van der Waals surface area contributed by atoms with E-state index in [1.807, 2.05) is 0 Å². The van der Waals surface area contributed by atoms with Gasteiger partial charge in [-0.15, -0.1) is 0 Å². The van der Waals surface area contributed by atoms with Gasteiger partial charge in [-0.25, -0.2) is 9.13 Å². The molecule has 0 fully saturated rings. The van der Waals surface area contributed by atoms with E-state index in [9.17, 15) is 43.5 Å². The van der Waals surface area contributed by atoms with Crippen molar-refractivity contribution in [2.45, 2.75) is 309 Å². The molecule has 0 aromatic heterocycles. The predicted octanol–water partition coefficient (Wildman–Crippen LogP) is 20.4. The first-order chi connectivity index (χ1) is 45.2. The number of phosphoric ester groups is 2. The van der Waals surface area contributed by atoms with Gasteiger partial charge in [0.15, 0.2) is 6.10 Å². The summed E-state index contributed by atoms with van der Waals surface area (Å²) in [7, 11) is -9.78. The predicted molar refractivity (Wildman–Crippen MR) is 380 cm³/mol. The Morgan fingerprint density at radius 3 is 0.946 bits per heavy atom. The zero-order chi connectivity index (χ0) is 68.1. The molecule has 93 heavy (non-hydrogen) atoms. The maximum atomic E-state index is 12.9. The lowest BCUT2D eigenvalue weighted by Crippen LogP contribution is -2.30. The number of carbonyl (C=O) groups is 3. The van der Waals surface area contributed by atoms with E-state index in [1.54, 1.807) is 0 Å². The third-order valence-corrected chi connectivity index (χ3v) is 16.9. The molecule has 0 heterocycles. The Kier molecular flexibility index (Phi) is 65.4. The van der Waals surface area contributed by atoms with Gasteiger partial charge in [0.2, 0.25) is 0 Å². The van der Waals surface area contributed by atoms with Crippen LogP contribution in [-0.2, 0) is 55.8 Å². The van der Waals surface area contributed by atoms with Gasteiger partial charge >= 0.3 is 33.6 Å². The van der Waals surface area contributed by atoms with Crippen LogP contribution >= 0.6 is 15.6 Å². The summed E-state index contributed by atoms with van der Waals surface area (Å²) in [6.45, 7) is 2.47. The number of unbranched alkanes of at least 4 members (excludes halogenated alkanes) is 27. The molecule has 4 N–H and O–H groups in total. The van der Waals surface area contributed by atoms with Gasteiger partial charge in [0, 0.05) is 19.3 Å². The highest BCUT2D eigenvalue weighted by atomic mass is 31.2. The van der Waals surface area contributed by atoms with E-state index in [0.29, 0.717) is 19.3 Å². The Labute approximate surface area is 564 Å². The van der Waals surface area contributed by atoms with Crippen molar-refractivity contribution < 1.29 is 75.8 Å². The maximum Gasteiger partial charge on any atom is 0.472 e. The third kappa shape index (κ3) is 69.4. The quantitative estimate of drug-likeness (QED) is 0.0146. The average Bonchev–Trinajstić information content (AvgIpc) is 2.94. The van der Waals surface area contributed by atoms with Crippen molar-refractivity contribution in [2.24, 2.45) is 0 Å². The highest BCUT2D eigenvalue weighted by Crippen LogP contribution is 2.45. The second kappa shape index (κ2) is 68.2. The van der Waals surface area contributed by atoms with Crippen molar-refractivity contribution in [3.63, 3.8) is 0 Å². The van der Waals surface area contributed by atoms with Crippen LogP contribution in [0.15, 0.2) is 109 Å². The van der Waals surface area contributed by atoms with E-state index in [0.717, 1.165) is 154 Å². The van der Waals surface area contributed by atoms with Crippen LogP contribution in [0.1, 0.15) is 290 Å². The first-order valence-electron chi connectivity index (χ1n) is 36.2.